The Kier molecular flexibility index (Phi) is 3.12. The topological polar surface area (TPSA) is 26.0 Å². The van der Waals surface area contributed by atoms with E-state index in [2.05, 4.69) is 45.5 Å². The van der Waals surface area contributed by atoms with Crippen molar-refractivity contribution in [1.29, 1.82) is 0 Å². The summed E-state index contributed by atoms with van der Waals surface area (Å²) in [6.45, 7) is 9.99. The third-order valence-corrected chi connectivity index (χ3v) is 2.58. The van der Waals surface area contributed by atoms with Gasteiger partial charge in [-0.2, -0.15) is 0 Å². The van der Waals surface area contributed by atoms with E-state index in [0.29, 0.717) is 0 Å². The molecular formula is C13H19N. The lowest BCUT2D eigenvalue weighted by molar-refractivity contribution is 0.499. The van der Waals surface area contributed by atoms with Crippen LogP contribution in [0.4, 0.5) is 0 Å². The Labute approximate surface area is 86.6 Å². The van der Waals surface area contributed by atoms with Gasteiger partial charge in [0, 0.05) is 5.54 Å². The summed E-state index contributed by atoms with van der Waals surface area (Å²) < 4.78 is 0. The molecule has 1 rings (SSSR count). The zero-order valence-electron chi connectivity index (χ0n) is 9.30. The molecular weight excluding hydrogens is 170 g/mol. The first kappa shape index (κ1) is 11.0. The highest BCUT2D eigenvalue weighted by atomic mass is 14.7. The fourth-order valence-electron chi connectivity index (χ4n) is 1.76. The average Bonchev–Trinajstić information content (AvgIpc) is 2.09. The molecule has 0 aromatic heterocycles. The van der Waals surface area contributed by atoms with Crippen molar-refractivity contribution in [2.24, 2.45) is 5.73 Å². The minimum Gasteiger partial charge on any atom is -0.321 e. The molecule has 0 saturated heterocycles. The van der Waals surface area contributed by atoms with Crippen LogP contribution in [0.25, 0.3) is 0 Å². The number of nitrogens with two attached hydrogens (primary N) is 1. The van der Waals surface area contributed by atoms with Crippen molar-refractivity contribution in [3.8, 4) is 0 Å². The zero-order valence-corrected chi connectivity index (χ0v) is 9.30. The molecule has 1 aromatic carbocycles. The van der Waals surface area contributed by atoms with E-state index in [1.807, 2.05) is 6.08 Å². The molecule has 1 heteroatoms. The molecule has 0 radical (unpaired) electrons. The van der Waals surface area contributed by atoms with Gasteiger partial charge in [0.25, 0.3) is 0 Å². The second kappa shape index (κ2) is 3.97. The van der Waals surface area contributed by atoms with Gasteiger partial charge in [-0.05, 0) is 38.3 Å². The van der Waals surface area contributed by atoms with Crippen molar-refractivity contribution in [2.45, 2.75) is 32.7 Å². The van der Waals surface area contributed by atoms with Gasteiger partial charge < -0.3 is 5.73 Å². The van der Waals surface area contributed by atoms with Crippen molar-refractivity contribution < 1.29 is 0 Å². The number of rotatable bonds is 3. The summed E-state index contributed by atoms with van der Waals surface area (Å²) in [5.41, 5.74) is 9.68. The Hall–Kier alpha value is -1.08. The fraction of sp³-hybridized carbons (Fsp3) is 0.385. The second-order valence-corrected chi connectivity index (χ2v) is 4.23. The molecule has 0 unspecified atom stereocenters. The first-order valence-corrected chi connectivity index (χ1v) is 4.95. The van der Waals surface area contributed by atoms with Crippen LogP contribution in [0.2, 0.25) is 0 Å². The number of benzene rings is 1. The van der Waals surface area contributed by atoms with Crippen molar-refractivity contribution in [1.82, 2.24) is 0 Å². The summed E-state index contributed by atoms with van der Waals surface area (Å²) in [6.07, 6.45) is 2.68. The van der Waals surface area contributed by atoms with E-state index < -0.39 is 0 Å². The van der Waals surface area contributed by atoms with E-state index >= 15 is 0 Å². The van der Waals surface area contributed by atoms with Crippen LogP contribution in [0.3, 0.4) is 0 Å². The molecule has 0 amide bonds. The lowest BCUT2D eigenvalue weighted by Gasteiger charge is -2.26. The normalized spacial score (nSPS) is 14.9. The number of hydrogen-bond acceptors (Lipinski definition) is 1. The van der Waals surface area contributed by atoms with Gasteiger partial charge in [-0.25, -0.2) is 0 Å². The summed E-state index contributed by atoms with van der Waals surface area (Å²) in [5.74, 6) is 0. The Bertz CT molecular complexity index is 337. The average molecular weight is 189 g/mol. The quantitative estimate of drug-likeness (QED) is 0.727. The van der Waals surface area contributed by atoms with Gasteiger partial charge in [0.2, 0.25) is 0 Å². The molecule has 0 heterocycles. The molecule has 0 fully saturated rings. The molecule has 0 aliphatic carbocycles. The maximum Gasteiger partial charge on any atom is 0.0418 e. The SMILES string of the molecule is C=CC[C@@](C)(N)c1cc(C)ccc1C. The molecule has 76 valence electrons. The highest BCUT2D eigenvalue weighted by Gasteiger charge is 2.21. The standard InChI is InChI=1S/C13H19N/c1-5-8-13(4,14)12-9-10(2)6-7-11(12)3/h5-7,9H,1,8,14H2,2-4H3/t13-/m1/s1. The zero-order chi connectivity index (χ0) is 10.8. The van der Waals surface area contributed by atoms with Crippen LogP contribution >= 0.6 is 0 Å². The smallest absolute Gasteiger partial charge is 0.0418 e. The maximum absolute atomic E-state index is 6.25. The van der Waals surface area contributed by atoms with Gasteiger partial charge in [0.1, 0.15) is 0 Å². The first-order chi connectivity index (χ1) is 6.47. The molecule has 0 aliphatic heterocycles. The first-order valence-electron chi connectivity index (χ1n) is 4.95. The van der Waals surface area contributed by atoms with Gasteiger partial charge in [-0.3, -0.25) is 0 Å². The van der Waals surface area contributed by atoms with Gasteiger partial charge in [-0.1, -0.05) is 29.8 Å². The van der Waals surface area contributed by atoms with Crippen molar-refractivity contribution in [3.63, 3.8) is 0 Å². The van der Waals surface area contributed by atoms with E-state index in [1.165, 1.54) is 16.7 Å². The van der Waals surface area contributed by atoms with Crippen LogP contribution in [0, 0.1) is 13.8 Å². The summed E-state index contributed by atoms with van der Waals surface area (Å²) >= 11 is 0. The summed E-state index contributed by atoms with van der Waals surface area (Å²) in [5, 5.41) is 0. The van der Waals surface area contributed by atoms with E-state index in [0.717, 1.165) is 6.42 Å². The molecule has 0 spiro atoms. The highest BCUT2D eigenvalue weighted by molar-refractivity contribution is 5.35. The Morgan fingerprint density at radius 1 is 1.43 bits per heavy atom. The van der Waals surface area contributed by atoms with E-state index in [1.54, 1.807) is 0 Å². The third-order valence-electron chi connectivity index (χ3n) is 2.58. The predicted octanol–water partition coefficient (Wildman–Crippen LogP) is 3.05. The fourth-order valence-corrected chi connectivity index (χ4v) is 1.76. The van der Waals surface area contributed by atoms with Crippen molar-refractivity contribution >= 4 is 0 Å². The third kappa shape index (κ3) is 2.24. The van der Waals surface area contributed by atoms with E-state index in [-0.39, 0.29) is 5.54 Å². The van der Waals surface area contributed by atoms with Crippen LogP contribution in [-0.4, -0.2) is 0 Å². The molecule has 0 bridgehead atoms. The van der Waals surface area contributed by atoms with Crippen molar-refractivity contribution in [3.05, 3.63) is 47.5 Å². The van der Waals surface area contributed by atoms with E-state index in [9.17, 15) is 0 Å². The Balaban J connectivity index is 3.16. The molecule has 1 nitrogen and oxygen atoms in total. The van der Waals surface area contributed by atoms with Crippen LogP contribution < -0.4 is 5.73 Å². The highest BCUT2D eigenvalue weighted by Crippen LogP contribution is 2.25. The Morgan fingerprint density at radius 3 is 2.64 bits per heavy atom. The second-order valence-electron chi connectivity index (χ2n) is 4.23. The summed E-state index contributed by atoms with van der Waals surface area (Å²) in [4.78, 5) is 0. The minimum atomic E-state index is -0.294. The molecule has 1 atom stereocenters. The van der Waals surface area contributed by atoms with Gasteiger partial charge in [0.15, 0.2) is 0 Å². The number of aryl methyl sites for hydroxylation is 2. The Morgan fingerprint density at radius 2 is 2.07 bits per heavy atom. The predicted molar refractivity (Wildman–Crippen MR) is 62.3 cm³/mol. The van der Waals surface area contributed by atoms with Crippen LogP contribution in [-0.2, 0) is 5.54 Å². The van der Waals surface area contributed by atoms with Crippen LogP contribution in [0.5, 0.6) is 0 Å². The van der Waals surface area contributed by atoms with Crippen LogP contribution in [0.1, 0.15) is 30.0 Å². The summed E-state index contributed by atoms with van der Waals surface area (Å²) in [7, 11) is 0. The van der Waals surface area contributed by atoms with Gasteiger partial charge in [0.05, 0.1) is 0 Å². The van der Waals surface area contributed by atoms with Gasteiger partial charge in [-0.15, -0.1) is 6.58 Å². The lowest BCUT2D eigenvalue weighted by Crippen LogP contribution is -2.33. The summed E-state index contributed by atoms with van der Waals surface area (Å²) in [6, 6.07) is 6.40. The van der Waals surface area contributed by atoms with Gasteiger partial charge >= 0.3 is 0 Å². The molecule has 2 N–H and O–H groups in total. The monoisotopic (exact) mass is 189 g/mol. The molecule has 0 saturated carbocycles. The largest absolute Gasteiger partial charge is 0.321 e. The molecule has 0 aliphatic rings. The molecule has 1 aromatic rings. The number of hydrogen-bond donors (Lipinski definition) is 1. The molecule has 14 heavy (non-hydrogen) atoms. The minimum absolute atomic E-state index is 0.294. The van der Waals surface area contributed by atoms with Crippen LogP contribution in [0.15, 0.2) is 30.9 Å². The lowest BCUT2D eigenvalue weighted by atomic mass is 9.86. The van der Waals surface area contributed by atoms with Crippen molar-refractivity contribution in [2.75, 3.05) is 0 Å². The van der Waals surface area contributed by atoms with E-state index in [4.69, 9.17) is 5.73 Å². The maximum atomic E-state index is 6.25.